The van der Waals surface area contributed by atoms with Crippen LogP contribution in [0.15, 0.2) is 42.5 Å². The number of aliphatic hydroxyl groups is 1. The van der Waals surface area contributed by atoms with E-state index in [9.17, 15) is 9.90 Å². The lowest BCUT2D eigenvalue weighted by atomic mass is 10.1. The molecule has 0 spiro atoms. The third kappa shape index (κ3) is 6.45. The number of ether oxygens (including phenoxy) is 3. The first-order valence-corrected chi connectivity index (χ1v) is 11.1. The summed E-state index contributed by atoms with van der Waals surface area (Å²) in [4.78, 5) is 14.0. The van der Waals surface area contributed by atoms with Gasteiger partial charge in [-0.3, -0.25) is 9.69 Å². The number of carbonyl (C=O) groups is 1. The van der Waals surface area contributed by atoms with Crippen LogP contribution < -0.4 is 19.5 Å². The van der Waals surface area contributed by atoms with Crippen LogP contribution in [0.5, 0.6) is 17.2 Å². The number of likely N-dealkylation sites (tertiary alicyclic amines) is 1. The second-order valence-electron chi connectivity index (χ2n) is 8.08. The van der Waals surface area contributed by atoms with Crippen LogP contribution in [0.4, 0.5) is 0 Å². The Labute approximate surface area is 190 Å². The Balaban J connectivity index is 1.52. The number of methoxy groups -OCH3 is 2. The number of nitrogens with zero attached hydrogens (tertiary/aromatic N) is 1. The zero-order chi connectivity index (χ0) is 22.9. The van der Waals surface area contributed by atoms with Crippen molar-refractivity contribution < 1.29 is 24.1 Å². The molecule has 2 aromatic rings. The molecule has 32 heavy (non-hydrogen) atoms. The zero-order valence-corrected chi connectivity index (χ0v) is 19.2. The molecule has 1 saturated heterocycles. The number of aliphatic hydroxyl groups excluding tert-OH is 1. The molecule has 1 aliphatic rings. The number of benzene rings is 2. The third-order valence-corrected chi connectivity index (χ3v) is 5.80. The average Bonchev–Trinajstić information content (AvgIpc) is 3.35. The Hall–Kier alpha value is -2.61. The highest BCUT2D eigenvalue weighted by Crippen LogP contribution is 2.29. The van der Waals surface area contributed by atoms with Crippen molar-refractivity contribution in [2.75, 3.05) is 47.0 Å². The van der Waals surface area contributed by atoms with Crippen LogP contribution in [0.3, 0.4) is 0 Å². The molecule has 1 fully saturated rings. The van der Waals surface area contributed by atoms with Gasteiger partial charge in [-0.25, -0.2) is 0 Å². The van der Waals surface area contributed by atoms with E-state index in [2.05, 4.69) is 22.3 Å². The van der Waals surface area contributed by atoms with E-state index in [1.165, 1.54) is 32.4 Å². The Morgan fingerprint density at radius 2 is 1.75 bits per heavy atom. The molecule has 2 aromatic carbocycles. The lowest BCUT2D eigenvalue weighted by molar-refractivity contribution is 0.100. The lowest BCUT2D eigenvalue weighted by Crippen LogP contribution is -2.38. The summed E-state index contributed by atoms with van der Waals surface area (Å²) in [5.74, 6) is 1.79. The largest absolute Gasteiger partial charge is 0.497 e. The molecule has 7 nitrogen and oxygen atoms in total. The molecule has 2 N–H and O–H groups in total. The molecule has 2 atom stereocenters. The number of Topliss-reactive ketones (excluding diaryl/α,β-unsaturated/α-hetero) is 1. The van der Waals surface area contributed by atoms with Gasteiger partial charge < -0.3 is 24.6 Å². The Bertz CT molecular complexity index is 865. The molecule has 0 bridgehead atoms. The molecule has 0 amide bonds. The average molecular weight is 443 g/mol. The van der Waals surface area contributed by atoms with Gasteiger partial charge >= 0.3 is 0 Å². The Morgan fingerprint density at radius 3 is 2.38 bits per heavy atom. The summed E-state index contributed by atoms with van der Waals surface area (Å²) in [6, 6.07) is 13.5. The van der Waals surface area contributed by atoms with Gasteiger partial charge in [0, 0.05) is 24.7 Å². The first-order valence-electron chi connectivity index (χ1n) is 11.1. The lowest BCUT2D eigenvalue weighted by Gasteiger charge is -2.29. The number of hydrogen-bond donors (Lipinski definition) is 2. The van der Waals surface area contributed by atoms with Crippen molar-refractivity contribution in [1.29, 1.82) is 0 Å². The van der Waals surface area contributed by atoms with Gasteiger partial charge in [0.15, 0.2) is 17.3 Å². The van der Waals surface area contributed by atoms with E-state index < -0.39 is 6.10 Å². The van der Waals surface area contributed by atoms with Gasteiger partial charge in [-0.2, -0.15) is 0 Å². The van der Waals surface area contributed by atoms with Crippen LogP contribution in [0.2, 0.25) is 0 Å². The standard InChI is InChI=1S/C25H34N2O5/c1-18(28)20-8-11-24(25(14-20)31-3)32-17-21(29)15-26-16-23(27-12-4-5-13-27)19-6-9-22(30-2)10-7-19/h6-11,14,21,23,26,29H,4-5,12-13,15-17H2,1-3H3. The van der Waals surface area contributed by atoms with Crippen LogP contribution in [0.25, 0.3) is 0 Å². The fourth-order valence-electron chi connectivity index (χ4n) is 3.97. The van der Waals surface area contributed by atoms with E-state index in [-0.39, 0.29) is 18.4 Å². The maximum absolute atomic E-state index is 11.5. The van der Waals surface area contributed by atoms with Crippen molar-refractivity contribution >= 4 is 5.78 Å². The van der Waals surface area contributed by atoms with E-state index in [1.54, 1.807) is 25.3 Å². The molecule has 2 unspecified atom stereocenters. The molecule has 1 heterocycles. The molecule has 0 saturated carbocycles. The summed E-state index contributed by atoms with van der Waals surface area (Å²) in [7, 11) is 3.20. The molecule has 0 aliphatic carbocycles. The summed E-state index contributed by atoms with van der Waals surface area (Å²) >= 11 is 0. The summed E-state index contributed by atoms with van der Waals surface area (Å²) in [5, 5.41) is 13.8. The molecule has 0 aromatic heterocycles. The van der Waals surface area contributed by atoms with Crippen LogP contribution in [-0.2, 0) is 0 Å². The SMILES string of the molecule is COc1ccc(C(CNCC(O)COc2ccc(C(C)=O)cc2OC)N2CCCC2)cc1. The smallest absolute Gasteiger partial charge is 0.161 e. The summed E-state index contributed by atoms with van der Waals surface area (Å²) in [5.41, 5.74) is 1.80. The molecular weight excluding hydrogens is 408 g/mol. The Morgan fingerprint density at radius 1 is 1.03 bits per heavy atom. The van der Waals surface area contributed by atoms with Crippen LogP contribution >= 0.6 is 0 Å². The normalized spacial score (nSPS) is 15.9. The highest BCUT2D eigenvalue weighted by atomic mass is 16.5. The molecule has 7 heteroatoms. The minimum atomic E-state index is -0.678. The first-order chi connectivity index (χ1) is 15.5. The minimum Gasteiger partial charge on any atom is -0.497 e. The van der Waals surface area contributed by atoms with E-state index in [1.807, 2.05) is 12.1 Å². The molecule has 1 aliphatic heterocycles. The summed E-state index contributed by atoms with van der Waals surface area (Å²) in [6.07, 6.45) is 1.75. The topological polar surface area (TPSA) is 80.3 Å². The van der Waals surface area contributed by atoms with Gasteiger partial charge in [-0.1, -0.05) is 12.1 Å². The fourth-order valence-corrected chi connectivity index (χ4v) is 3.97. The highest BCUT2D eigenvalue weighted by Gasteiger charge is 2.23. The fraction of sp³-hybridized carbons (Fsp3) is 0.480. The van der Waals surface area contributed by atoms with Crippen molar-refractivity contribution in [2.24, 2.45) is 0 Å². The van der Waals surface area contributed by atoms with E-state index in [0.717, 1.165) is 25.4 Å². The minimum absolute atomic E-state index is 0.0384. The maximum atomic E-state index is 11.5. The molecule has 174 valence electrons. The van der Waals surface area contributed by atoms with Crippen molar-refractivity contribution in [3.8, 4) is 17.2 Å². The maximum Gasteiger partial charge on any atom is 0.161 e. The summed E-state index contributed by atoms with van der Waals surface area (Å²) in [6.45, 7) is 4.94. The van der Waals surface area contributed by atoms with Crippen LogP contribution in [-0.4, -0.2) is 68.9 Å². The monoisotopic (exact) mass is 442 g/mol. The van der Waals surface area contributed by atoms with Gasteiger partial charge in [0.1, 0.15) is 18.5 Å². The Kier molecular flexibility index (Phi) is 8.90. The van der Waals surface area contributed by atoms with Crippen molar-refractivity contribution in [2.45, 2.75) is 31.9 Å². The summed E-state index contributed by atoms with van der Waals surface area (Å²) < 4.78 is 16.3. The quantitative estimate of drug-likeness (QED) is 0.489. The predicted octanol–water partition coefficient (Wildman–Crippen LogP) is 3.07. The number of ketones is 1. The first kappa shape index (κ1) is 24.0. The number of nitrogens with one attached hydrogen (secondary N) is 1. The molecular formula is C25H34N2O5. The van der Waals surface area contributed by atoms with E-state index in [0.29, 0.717) is 23.6 Å². The van der Waals surface area contributed by atoms with Gasteiger partial charge in [0.2, 0.25) is 0 Å². The number of carbonyl (C=O) groups excluding carboxylic acids is 1. The van der Waals surface area contributed by atoms with Crippen LogP contribution in [0, 0.1) is 0 Å². The van der Waals surface area contributed by atoms with E-state index in [4.69, 9.17) is 14.2 Å². The number of rotatable bonds is 12. The van der Waals surface area contributed by atoms with Gasteiger partial charge in [-0.05, 0) is 68.8 Å². The zero-order valence-electron chi connectivity index (χ0n) is 19.2. The second kappa shape index (κ2) is 11.9. The third-order valence-electron chi connectivity index (χ3n) is 5.80. The van der Waals surface area contributed by atoms with E-state index >= 15 is 0 Å². The predicted molar refractivity (Wildman–Crippen MR) is 124 cm³/mol. The highest BCUT2D eigenvalue weighted by molar-refractivity contribution is 5.94. The molecule has 3 rings (SSSR count). The van der Waals surface area contributed by atoms with Crippen molar-refractivity contribution in [1.82, 2.24) is 10.2 Å². The van der Waals surface area contributed by atoms with Crippen LogP contribution in [0.1, 0.15) is 41.7 Å². The van der Waals surface area contributed by atoms with Crippen molar-refractivity contribution in [3.63, 3.8) is 0 Å². The van der Waals surface area contributed by atoms with Gasteiger partial charge in [0.25, 0.3) is 0 Å². The second-order valence-corrected chi connectivity index (χ2v) is 8.08. The van der Waals surface area contributed by atoms with Gasteiger partial charge in [0.05, 0.1) is 14.2 Å². The number of hydrogen-bond acceptors (Lipinski definition) is 7. The van der Waals surface area contributed by atoms with Gasteiger partial charge in [-0.15, -0.1) is 0 Å². The van der Waals surface area contributed by atoms with Crippen molar-refractivity contribution in [3.05, 3.63) is 53.6 Å². The molecule has 0 radical (unpaired) electrons.